The number of hydrogen-bond donors (Lipinski definition) is 0. The zero-order valence-electron chi connectivity index (χ0n) is 13.6. The maximum Gasteiger partial charge on any atom is 0.282 e. The molecule has 5 heteroatoms. The number of rotatable bonds is 2. The van der Waals surface area contributed by atoms with Gasteiger partial charge in [0, 0.05) is 11.8 Å². The van der Waals surface area contributed by atoms with Crippen LogP contribution in [0.1, 0.15) is 18.9 Å². The molecule has 0 radical (unpaired) electrons. The van der Waals surface area contributed by atoms with Crippen molar-refractivity contribution in [3.63, 3.8) is 0 Å². The Balaban J connectivity index is 1.80. The van der Waals surface area contributed by atoms with E-state index < -0.39 is 10.0 Å². The highest BCUT2D eigenvalue weighted by molar-refractivity contribution is 7.90. The molecule has 0 spiro atoms. The third-order valence-corrected chi connectivity index (χ3v) is 6.71. The second kappa shape index (κ2) is 5.24. The lowest BCUT2D eigenvalue weighted by Crippen LogP contribution is -2.37. The van der Waals surface area contributed by atoms with Crippen LogP contribution >= 0.6 is 0 Å². The molecular weight excluding hydrogens is 322 g/mol. The molecule has 1 saturated carbocycles. The molecule has 0 N–H and O–H groups in total. The van der Waals surface area contributed by atoms with E-state index in [0.717, 1.165) is 12.0 Å². The highest BCUT2D eigenvalue weighted by Gasteiger charge is 2.51. The van der Waals surface area contributed by atoms with Crippen molar-refractivity contribution in [2.24, 2.45) is 28.1 Å². The molecule has 0 saturated heterocycles. The van der Waals surface area contributed by atoms with E-state index >= 15 is 0 Å². The fourth-order valence-corrected chi connectivity index (χ4v) is 5.36. The summed E-state index contributed by atoms with van der Waals surface area (Å²) in [6.07, 6.45) is 6.71. The molecule has 0 heterocycles. The van der Waals surface area contributed by atoms with E-state index in [-0.39, 0.29) is 34.4 Å². The Morgan fingerprint density at radius 2 is 1.62 bits per heavy atom. The van der Waals surface area contributed by atoms with Gasteiger partial charge in [0.15, 0.2) is 5.78 Å². The van der Waals surface area contributed by atoms with Crippen LogP contribution in [-0.2, 0) is 14.8 Å². The van der Waals surface area contributed by atoms with Crippen molar-refractivity contribution < 1.29 is 13.2 Å². The first-order chi connectivity index (χ1) is 11.4. The second-order valence-electron chi connectivity index (χ2n) is 6.99. The van der Waals surface area contributed by atoms with Crippen LogP contribution in [0.4, 0.5) is 0 Å². The minimum Gasteiger partial charge on any atom is -0.294 e. The Bertz CT molecular complexity index is 906. The van der Waals surface area contributed by atoms with E-state index in [4.69, 9.17) is 0 Å². The minimum atomic E-state index is -3.77. The molecule has 124 valence electrons. The van der Waals surface area contributed by atoms with Crippen LogP contribution in [0.3, 0.4) is 0 Å². The van der Waals surface area contributed by atoms with Gasteiger partial charge < -0.3 is 0 Å². The fraction of sp³-hybridized carbons (Fsp3) is 0.368. The third kappa shape index (κ3) is 2.30. The predicted octanol–water partition coefficient (Wildman–Crippen LogP) is 3.09. The number of benzene rings is 1. The number of sulfonamides is 1. The topological polar surface area (TPSA) is 63.6 Å². The number of ketones is 1. The standard InChI is InChI=1S/C19H19NO3S/c1-11-3-7-15(8-4-11)24(22,23)20-19-12(2)9-16(21)17-13-5-6-14(10-13)18(17)19/h3-9,13-14,17-18H,10H2,1-2H3/b20-19-/t13-,14+,17+,18+/m0/s1. The lowest BCUT2D eigenvalue weighted by Gasteiger charge is -2.31. The molecule has 4 atom stereocenters. The van der Waals surface area contributed by atoms with Gasteiger partial charge in [0.05, 0.1) is 10.6 Å². The molecule has 4 rings (SSSR count). The van der Waals surface area contributed by atoms with Crippen molar-refractivity contribution in [2.45, 2.75) is 25.2 Å². The van der Waals surface area contributed by atoms with Crippen LogP contribution in [0.5, 0.6) is 0 Å². The average Bonchev–Trinajstić information content (AvgIpc) is 3.13. The van der Waals surface area contributed by atoms with Gasteiger partial charge in [-0.2, -0.15) is 12.8 Å². The van der Waals surface area contributed by atoms with E-state index in [2.05, 4.69) is 16.5 Å². The summed E-state index contributed by atoms with van der Waals surface area (Å²) in [7, 11) is -3.77. The van der Waals surface area contributed by atoms with Gasteiger partial charge >= 0.3 is 0 Å². The monoisotopic (exact) mass is 341 g/mol. The van der Waals surface area contributed by atoms with Crippen molar-refractivity contribution in [1.29, 1.82) is 0 Å². The molecule has 0 amide bonds. The molecule has 0 unspecified atom stereocenters. The van der Waals surface area contributed by atoms with Gasteiger partial charge in [0.25, 0.3) is 10.0 Å². The van der Waals surface area contributed by atoms with Crippen LogP contribution in [-0.4, -0.2) is 19.9 Å². The van der Waals surface area contributed by atoms with Crippen LogP contribution in [0, 0.1) is 30.6 Å². The molecule has 0 aromatic heterocycles. The third-order valence-electron chi connectivity index (χ3n) is 5.40. The van der Waals surface area contributed by atoms with E-state index in [1.807, 2.05) is 6.92 Å². The molecule has 0 aliphatic heterocycles. The van der Waals surface area contributed by atoms with Gasteiger partial charge in [0.2, 0.25) is 0 Å². The molecule has 24 heavy (non-hydrogen) atoms. The van der Waals surface area contributed by atoms with Crippen LogP contribution in [0.2, 0.25) is 0 Å². The predicted molar refractivity (Wildman–Crippen MR) is 92.3 cm³/mol. The summed E-state index contributed by atoms with van der Waals surface area (Å²) in [6.45, 7) is 3.70. The SMILES string of the molecule is CC1=CC(=O)[C@@H]2[C@H](/C1=N\S(=O)(=O)c1ccc(C)cc1)[C@@H]1C=C[C@H]2C1. The molecule has 1 aromatic carbocycles. The van der Waals surface area contributed by atoms with Gasteiger partial charge in [-0.15, -0.1) is 0 Å². The molecule has 4 nitrogen and oxygen atoms in total. The highest BCUT2D eigenvalue weighted by Crippen LogP contribution is 2.51. The normalized spacial score (nSPS) is 33.0. The Morgan fingerprint density at radius 1 is 1.00 bits per heavy atom. The first-order valence-electron chi connectivity index (χ1n) is 8.19. The largest absolute Gasteiger partial charge is 0.294 e. The van der Waals surface area contributed by atoms with Gasteiger partial charge in [-0.25, -0.2) is 0 Å². The van der Waals surface area contributed by atoms with Crippen molar-refractivity contribution in [3.05, 3.63) is 53.6 Å². The lowest BCUT2D eigenvalue weighted by molar-refractivity contribution is -0.119. The zero-order valence-corrected chi connectivity index (χ0v) is 14.5. The summed E-state index contributed by atoms with van der Waals surface area (Å²) in [4.78, 5) is 12.6. The lowest BCUT2D eigenvalue weighted by atomic mass is 9.72. The fourth-order valence-electron chi connectivity index (χ4n) is 4.25. The Morgan fingerprint density at radius 3 is 2.29 bits per heavy atom. The van der Waals surface area contributed by atoms with Crippen molar-refractivity contribution in [2.75, 3.05) is 0 Å². The Labute approximate surface area is 142 Å². The summed E-state index contributed by atoms with van der Waals surface area (Å²) >= 11 is 0. The van der Waals surface area contributed by atoms with Crippen molar-refractivity contribution in [1.82, 2.24) is 0 Å². The molecule has 1 fully saturated rings. The van der Waals surface area contributed by atoms with E-state index in [0.29, 0.717) is 11.3 Å². The van der Waals surface area contributed by atoms with E-state index in [1.165, 1.54) is 0 Å². The number of aryl methyl sites for hydroxylation is 1. The quantitative estimate of drug-likeness (QED) is 0.777. The van der Waals surface area contributed by atoms with Gasteiger partial charge in [-0.3, -0.25) is 4.79 Å². The van der Waals surface area contributed by atoms with Gasteiger partial charge in [0.1, 0.15) is 0 Å². The van der Waals surface area contributed by atoms with E-state index in [1.54, 1.807) is 37.3 Å². The number of allylic oxidation sites excluding steroid dienone is 4. The summed E-state index contributed by atoms with van der Waals surface area (Å²) in [5.74, 6) is 0.318. The van der Waals surface area contributed by atoms with Gasteiger partial charge in [-0.1, -0.05) is 29.8 Å². The molecule has 1 aromatic rings. The summed E-state index contributed by atoms with van der Waals surface area (Å²) in [5, 5.41) is 0. The van der Waals surface area contributed by atoms with Crippen LogP contribution in [0.25, 0.3) is 0 Å². The summed E-state index contributed by atoms with van der Waals surface area (Å²) < 4.78 is 29.6. The number of carbonyl (C=O) groups excluding carboxylic acids is 1. The molecule has 3 aliphatic carbocycles. The number of nitrogens with zero attached hydrogens (tertiary/aromatic N) is 1. The zero-order chi connectivity index (χ0) is 17.1. The van der Waals surface area contributed by atoms with Crippen LogP contribution < -0.4 is 0 Å². The number of hydrogen-bond acceptors (Lipinski definition) is 3. The maximum atomic E-state index is 12.7. The maximum absolute atomic E-state index is 12.7. The summed E-state index contributed by atoms with van der Waals surface area (Å²) in [6, 6.07) is 6.70. The van der Waals surface area contributed by atoms with Gasteiger partial charge in [-0.05, 0) is 55.9 Å². The Hall–Kier alpha value is -2.01. The van der Waals surface area contributed by atoms with Crippen molar-refractivity contribution in [3.8, 4) is 0 Å². The molecule has 2 bridgehead atoms. The van der Waals surface area contributed by atoms with Crippen LogP contribution in [0.15, 0.2) is 57.4 Å². The highest BCUT2D eigenvalue weighted by atomic mass is 32.2. The minimum absolute atomic E-state index is 0.0993. The van der Waals surface area contributed by atoms with Crippen molar-refractivity contribution >= 4 is 21.5 Å². The second-order valence-corrected chi connectivity index (χ2v) is 8.60. The molecule has 3 aliphatic rings. The average molecular weight is 341 g/mol. The Kier molecular flexibility index (Phi) is 3.39. The van der Waals surface area contributed by atoms with E-state index in [9.17, 15) is 13.2 Å². The smallest absolute Gasteiger partial charge is 0.282 e. The summed E-state index contributed by atoms with van der Waals surface area (Å²) in [5.41, 5.74) is 2.24. The number of carbonyl (C=O) groups is 1. The number of fused-ring (bicyclic) bond motifs is 5. The first kappa shape index (κ1) is 15.5. The molecular formula is C19H19NO3S. The first-order valence-corrected chi connectivity index (χ1v) is 9.63.